The summed E-state index contributed by atoms with van der Waals surface area (Å²) in [6, 6.07) is 10.5. The van der Waals surface area contributed by atoms with Crippen LogP contribution in [0, 0.1) is 5.82 Å². The molecule has 0 saturated carbocycles. The van der Waals surface area contributed by atoms with Gasteiger partial charge in [-0.3, -0.25) is 0 Å². The number of benzene rings is 2. The zero-order valence-electron chi connectivity index (χ0n) is 14.3. The van der Waals surface area contributed by atoms with Gasteiger partial charge in [0, 0.05) is 22.9 Å². The Morgan fingerprint density at radius 2 is 1.79 bits per heavy atom. The predicted molar refractivity (Wildman–Crippen MR) is 90.9 cm³/mol. The minimum atomic E-state index is -4.92. The predicted octanol–water partition coefficient (Wildman–Crippen LogP) is 4.63. The van der Waals surface area contributed by atoms with E-state index in [1.807, 2.05) is 0 Å². The molecule has 0 aliphatic rings. The van der Waals surface area contributed by atoms with Crippen LogP contribution in [0.5, 0.6) is 5.75 Å². The van der Waals surface area contributed by atoms with Gasteiger partial charge >= 0.3 is 12.3 Å². The van der Waals surface area contributed by atoms with Gasteiger partial charge in [0.05, 0.1) is 12.8 Å². The molecule has 0 saturated heterocycles. The SMILES string of the molecule is COC(=O)c1nccc(-c2ccc(F)c(-c3ccccc3OC(F)(F)F)c2)n1. The largest absolute Gasteiger partial charge is 0.573 e. The third-order valence-corrected chi connectivity index (χ3v) is 3.69. The first-order valence-electron chi connectivity index (χ1n) is 7.85. The first-order chi connectivity index (χ1) is 13.3. The number of nitrogens with zero attached hydrogens (tertiary/aromatic N) is 2. The lowest BCUT2D eigenvalue weighted by Gasteiger charge is -2.14. The molecule has 0 aliphatic heterocycles. The van der Waals surface area contributed by atoms with Crippen LogP contribution in [-0.2, 0) is 4.74 Å². The summed E-state index contributed by atoms with van der Waals surface area (Å²) in [5.74, 6) is -2.24. The molecule has 3 aromatic rings. The Labute approximate surface area is 156 Å². The Balaban J connectivity index is 2.08. The molecule has 5 nitrogen and oxygen atoms in total. The Hall–Kier alpha value is -3.49. The molecule has 1 aromatic heterocycles. The Bertz CT molecular complexity index is 1020. The smallest absolute Gasteiger partial charge is 0.463 e. The number of ether oxygens (including phenoxy) is 2. The molecule has 0 spiro atoms. The molecule has 0 unspecified atom stereocenters. The van der Waals surface area contributed by atoms with Crippen LogP contribution in [0.1, 0.15) is 10.6 Å². The highest BCUT2D eigenvalue weighted by Gasteiger charge is 2.32. The fourth-order valence-electron chi connectivity index (χ4n) is 2.50. The van der Waals surface area contributed by atoms with Gasteiger partial charge < -0.3 is 9.47 Å². The molecule has 2 aromatic carbocycles. The molecule has 0 atom stereocenters. The average molecular weight is 392 g/mol. The van der Waals surface area contributed by atoms with Gasteiger partial charge in [-0.1, -0.05) is 18.2 Å². The number of rotatable bonds is 4. The molecule has 0 aliphatic carbocycles. The molecule has 0 radical (unpaired) electrons. The molecule has 0 bridgehead atoms. The summed E-state index contributed by atoms with van der Waals surface area (Å²) in [6.45, 7) is 0. The van der Waals surface area contributed by atoms with E-state index in [1.165, 1.54) is 49.7 Å². The number of halogens is 4. The molecule has 144 valence electrons. The van der Waals surface area contributed by atoms with E-state index in [9.17, 15) is 22.4 Å². The molecule has 3 rings (SSSR count). The standard InChI is InChI=1S/C19H12F4N2O3/c1-27-18(26)17-24-9-8-15(25-17)11-6-7-14(20)13(10-11)12-4-2-3-5-16(12)28-19(21,22)23/h2-10H,1H3. The first-order valence-corrected chi connectivity index (χ1v) is 7.85. The Morgan fingerprint density at radius 1 is 1.04 bits per heavy atom. The van der Waals surface area contributed by atoms with Crippen molar-refractivity contribution in [2.24, 2.45) is 0 Å². The van der Waals surface area contributed by atoms with Crippen LogP contribution in [-0.4, -0.2) is 29.4 Å². The average Bonchev–Trinajstić information content (AvgIpc) is 2.67. The third kappa shape index (κ3) is 4.25. The zero-order valence-corrected chi connectivity index (χ0v) is 14.3. The van der Waals surface area contributed by atoms with Crippen LogP contribution >= 0.6 is 0 Å². The van der Waals surface area contributed by atoms with Crippen LogP contribution in [0.3, 0.4) is 0 Å². The molecular formula is C19H12F4N2O3. The normalized spacial score (nSPS) is 11.2. The number of methoxy groups -OCH3 is 1. The maximum absolute atomic E-state index is 14.4. The van der Waals surface area contributed by atoms with Crippen molar-refractivity contribution in [3.8, 4) is 28.1 Å². The van der Waals surface area contributed by atoms with E-state index in [0.717, 1.165) is 12.1 Å². The Morgan fingerprint density at radius 3 is 2.50 bits per heavy atom. The summed E-state index contributed by atoms with van der Waals surface area (Å²) in [5, 5.41) is 0. The number of hydrogen-bond donors (Lipinski definition) is 0. The van der Waals surface area contributed by atoms with Crippen molar-refractivity contribution in [3.63, 3.8) is 0 Å². The molecule has 28 heavy (non-hydrogen) atoms. The first kappa shape index (κ1) is 19.3. The molecule has 1 heterocycles. The van der Waals surface area contributed by atoms with Crippen LogP contribution in [0.25, 0.3) is 22.4 Å². The molecule has 0 fully saturated rings. The van der Waals surface area contributed by atoms with E-state index >= 15 is 0 Å². The Kier molecular flexibility index (Phi) is 5.25. The van der Waals surface area contributed by atoms with Gasteiger partial charge in [-0.25, -0.2) is 19.2 Å². The summed E-state index contributed by atoms with van der Waals surface area (Å²) >= 11 is 0. The monoisotopic (exact) mass is 392 g/mol. The fraction of sp³-hybridized carbons (Fsp3) is 0.105. The summed E-state index contributed by atoms with van der Waals surface area (Å²) in [5.41, 5.74) is 0.439. The lowest BCUT2D eigenvalue weighted by atomic mass is 10.00. The summed E-state index contributed by atoms with van der Waals surface area (Å²) in [6.07, 6.45) is -3.61. The topological polar surface area (TPSA) is 61.3 Å². The number of carbonyl (C=O) groups is 1. The maximum Gasteiger partial charge on any atom is 0.573 e. The molecule has 0 N–H and O–H groups in total. The van der Waals surface area contributed by atoms with E-state index in [1.54, 1.807) is 0 Å². The van der Waals surface area contributed by atoms with Gasteiger partial charge in [0.15, 0.2) is 0 Å². The highest BCUT2D eigenvalue weighted by Crippen LogP contribution is 2.36. The van der Waals surface area contributed by atoms with Crippen molar-refractivity contribution in [2.45, 2.75) is 6.36 Å². The minimum Gasteiger partial charge on any atom is -0.463 e. The van der Waals surface area contributed by atoms with Crippen LogP contribution in [0.15, 0.2) is 54.7 Å². The van der Waals surface area contributed by atoms with Crippen molar-refractivity contribution in [1.82, 2.24) is 9.97 Å². The maximum atomic E-state index is 14.4. The van der Waals surface area contributed by atoms with Crippen LogP contribution in [0.4, 0.5) is 17.6 Å². The quantitative estimate of drug-likeness (QED) is 0.478. The second-order valence-corrected chi connectivity index (χ2v) is 5.50. The van der Waals surface area contributed by atoms with Gasteiger partial charge in [-0.2, -0.15) is 0 Å². The van der Waals surface area contributed by atoms with E-state index in [-0.39, 0.29) is 22.6 Å². The number of alkyl halides is 3. The molecular weight excluding hydrogens is 380 g/mol. The molecule has 9 heteroatoms. The fourth-order valence-corrected chi connectivity index (χ4v) is 2.50. The highest BCUT2D eigenvalue weighted by molar-refractivity contribution is 5.85. The zero-order chi connectivity index (χ0) is 20.3. The highest BCUT2D eigenvalue weighted by atomic mass is 19.4. The summed E-state index contributed by atoms with van der Waals surface area (Å²) < 4.78 is 60.9. The number of esters is 1. The lowest BCUT2D eigenvalue weighted by Crippen LogP contribution is -2.17. The second-order valence-electron chi connectivity index (χ2n) is 5.50. The van der Waals surface area contributed by atoms with Crippen molar-refractivity contribution < 1.29 is 31.8 Å². The van der Waals surface area contributed by atoms with E-state index in [0.29, 0.717) is 5.56 Å². The van der Waals surface area contributed by atoms with Crippen molar-refractivity contribution >= 4 is 5.97 Å². The summed E-state index contributed by atoms with van der Waals surface area (Å²) in [4.78, 5) is 19.4. The number of hydrogen-bond acceptors (Lipinski definition) is 5. The molecule has 0 amide bonds. The van der Waals surface area contributed by atoms with Gasteiger partial charge in [-0.15, -0.1) is 13.2 Å². The third-order valence-electron chi connectivity index (χ3n) is 3.69. The van der Waals surface area contributed by atoms with E-state index < -0.39 is 23.9 Å². The van der Waals surface area contributed by atoms with Gasteiger partial charge in [0.1, 0.15) is 11.6 Å². The summed E-state index contributed by atoms with van der Waals surface area (Å²) in [7, 11) is 1.17. The van der Waals surface area contributed by atoms with Gasteiger partial charge in [-0.05, 0) is 30.3 Å². The second kappa shape index (κ2) is 7.63. The number of para-hydroxylation sites is 1. The van der Waals surface area contributed by atoms with Crippen molar-refractivity contribution in [1.29, 1.82) is 0 Å². The van der Waals surface area contributed by atoms with Crippen LogP contribution < -0.4 is 4.74 Å². The minimum absolute atomic E-state index is 0.0820. The van der Waals surface area contributed by atoms with E-state index in [2.05, 4.69) is 19.4 Å². The van der Waals surface area contributed by atoms with Crippen molar-refractivity contribution in [2.75, 3.05) is 7.11 Å². The van der Waals surface area contributed by atoms with Crippen LogP contribution in [0.2, 0.25) is 0 Å². The van der Waals surface area contributed by atoms with E-state index in [4.69, 9.17) is 0 Å². The number of carbonyl (C=O) groups excluding carboxylic acids is 1. The van der Waals surface area contributed by atoms with Gasteiger partial charge in [0.2, 0.25) is 5.82 Å². The van der Waals surface area contributed by atoms with Crippen molar-refractivity contribution in [3.05, 3.63) is 66.4 Å². The number of aromatic nitrogens is 2. The lowest BCUT2D eigenvalue weighted by molar-refractivity contribution is -0.274. The van der Waals surface area contributed by atoms with Gasteiger partial charge in [0.25, 0.3) is 0 Å².